The van der Waals surface area contributed by atoms with Gasteiger partial charge in [0.25, 0.3) is 0 Å². The van der Waals surface area contributed by atoms with Crippen molar-refractivity contribution >= 4 is 32.3 Å². The molecule has 0 heterocycles. The molecule has 1 aliphatic rings. The molecule has 0 bridgehead atoms. The molecule has 0 heteroatoms. The number of fused-ring (bicyclic) bond motifs is 3. The molecular formula is C47H46. The third-order valence-corrected chi connectivity index (χ3v) is 12.4. The smallest absolute Gasteiger partial charge is 0.0159 e. The van der Waals surface area contributed by atoms with Gasteiger partial charge in [-0.25, -0.2) is 0 Å². The van der Waals surface area contributed by atoms with Crippen LogP contribution in [0.5, 0.6) is 0 Å². The predicted molar refractivity (Wildman–Crippen MR) is 204 cm³/mol. The highest BCUT2D eigenvalue weighted by atomic mass is 14.4. The molecule has 0 aliphatic heterocycles. The lowest BCUT2D eigenvalue weighted by atomic mass is 9.64. The molecular weight excluding hydrogens is 565 g/mol. The van der Waals surface area contributed by atoms with E-state index in [2.05, 4.69) is 178 Å². The largest absolute Gasteiger partial charge is 0.0610 e. The molecule has 0 fully saturated rings. The van der Waals surface area contributed by atoms with Crippen LogP contribution in [0.4, 0.5) is 0 Å². The van der Waals surface area contributed by atoms with E-state index in [1.54, 1.807) is 0 Å². The summed E-state index contributed by atoms with van der Waals surface area (Å²) >= 11 is 0. The molecule has 0 saturated heterocycles. The van der Waals surface area contributed by atoms with E-state index >= 15 is 0 Å². The summed E-state index contributed by atoms with van der Waals surface area (Å²) in [7, 11) is 0. The summed E-state index contributed by atoms with van der Waals surface area (Å²) in [6.07, 6.45) is 0. The minimum absolute atomic E-state index is 0.0559. The highest BCUT2D eigenvalue weighted by molar-refractivity contribution is 6.25. The van der Waals surface area contributed by atoms with Crippen molar-refractivity contribution in [2.45, 2.75) is 78.6 Å². The van der Waals surface area contributed by atoms with E-state index in [-0.39, 0.29) is 21.7 Å². The Morgan fingerprint density at radius 3 is 1.55 bits per heavy atom. The minimum atomic E-state index is -0.138. The van der Waals surface area contributed by atoms with Gasteiger partial charge in [-0.15, -0.1) is 0 Å². The fraction of sp³-hybridized carbons (Fsp3) is 0.277. The summed E-state index contributed by atoms with van der Waals surface area (Å²) in [6.45, 7) is 21.4. The lowest BCUT2D eigenvalue weighted by Gasteiger charge is -2.40. The van der Waals surface area contributed by atoms with Crippen molar-refractivity contribution < 1.29 is 0 Å². The van der Waals surface area contributed by atoms with Crippen LogP contribution < -0.4 is 0 Å². The van der Waals surface area contributed by atoms with Gasteiger partial charge in [-0.2, -0.15) is 0 Å². The van der Waals surface area contributed by atoms with Crippen molar-refractivity contribution in [1.82, 2.24) is 0 Å². The molecule has 0 radical (unpaired) electrons. The van der Waals surface area contributed by atoms with Crippen LogP contribution in [0.1, 0.15) is 90.1 Å². The highest BCUT2D eigenvalue weighted by Crippen LogP contribution is 2.52. The van der Waals surface area contributed by atoms with Gasteiger partial charge in [0.1, 0.15) is 0 Å². The predicted octanol–water partition coefficient (Wildman–Crippen LogP) is 13.2. The number of hydrogen-bond donors (Lipinski definition) is 0. The molecule has 0 N–H and O–H groups in total. The van der Waals surface area contributed by atoms with Crippen molar-refractivity contribution in [1.29, 1.82) is 0 Å². The van der Waals surface area contributed by atoms with E-state index < -0.39 is 0 Å². The second-order valence-corrected chi connectivity index (χ2v) is 16.7. The maximum absolute atomic E-state index is 2.50. The molecule has 1 aliphatic carbocycles. The monoisotopic (exact) mass is 610 g/mol. The quantitative estimate of drug-likeness (QED) is 0.174. The molecule has 0 spiro atoms. The summed E-state index contributed by atoms with van der Waals surface area (Å²) in [5.41, 5.74) is 12.4. The third-order valence-electron chi connectivity index (χ3n) is 12.4. The maximum Gasteiger partial charge on any atom is 0.0159 e. The van der Waals surface area contributed by atoms with Crippen molar-refractivity contribution in [3.8, 4) is 22.3 Å². The molecule has 47 heavy (non-hydrogen) atoms. The Labute approximate surface area is 280 Å². The minimum Gasteiger partial charge on any atom is -0.0610 e. The molecule has 0 unspecified atom stereocenters. The Morgan fingerprint density at radius 1 is 0.447 bits per heavy atom. The van der Waals surface area contributed by atoms with Gasteiger partial charge in [-0.3, -0.25) is 0 Å². The fourth-order valence-corrected chi connectivity index (χ4v) is 8.17. The molecule has 0 atom stereocenters. The first kappa shape index (κ1) is 29.9. The van der Waals surface area contributed by atoms with Gasteiger partial charge in [0.05, 0.1) is 0 Å². The Bertz CT molecular complexity index is 2320. The molecule has 234 valence electrons. The molecule has 0 amide bonds. The van der Waals surface area contributed by atoms with Crippen molar-refractivity contribution in [2.24, 2.45) is 5.41 Å². The summed E-state index contributed by atoms with van der Waals surface area (Å²) in [5, 5.41) is 8.00. The molecule has 0 saturated carbocycles. The van der Waals surface area contributed by atoms with Crippen LogP contribution in [0, 0.1) is 5.41 Å². The second-order valence-electron chi connectivity index (χ2n) is 16.7. The topological polar surface area (TPSA) is 0 Å². The van der Waals surface area contributed by atoms with E-state index in [1.165, 1.54) is 82.4 Å². The molecule has 7 aromatic carbocycles. The van der Waals surface area contributed by atoms with Crippen molar-refractivity contribution in [2.75, 3.05) is 0 Å². The van der Waals surface area contributed by atoms with Gasteiger partial charge in [-0.05, 0) is 93.2 Å². The van der Waals surface area contributed by atoms with Gasteiger partial charge in [0.2, 0.25) is 0 Å². The van der Waals surface area contributed by atoms with Gasteiger partial charge < -0.3 is 0 Å². The van der Waals surface area contributed by atoms with Gasteiger partial charge in [0, 0.05) is 10.8 Å². The third kappa shape index (κ3) is 4.27. The van der Waals surface area contributed by atoms with Gasteiger partial charge >= 0.3 is 0 Å². The van der Waals surface area contributed by atoms with E-state index in [0.717, 1.165) is 0 Å². The zero-order valence-electron chi connectivity index (χ0n) is 29.5. The van der Waals surface area contributed by atoms with Crippen LogP contribution >= 0.6 is 0 Å². The second kappa shape index (κ2) is 9.80. The Kier molecular flexibility index (Phi) is 6.25. The summed E-state index contributed by atoms with van der Waals surface area (Å²) in [5.74, 6) is 0. The SMILES string of the molecule is CC(C)(c1ccc(-c2ccc3ccc4cccc5ccc2c3c45)cc1)c1ccc2c(c1)C(C)(C)c1cc(C(C)(C)C(C)(C)C)ccc1-2. The highest BCUT2D eigenvalue weighted by Gasteiger charge is 2.40. The lowest BCUT2D eigenvalue weighted by Crippen LogP contribution is -2.34. The van der Waals surface area contributed by atoms with E-state index in [0.29, 0.717) is 0 Å². The van der Waals surface area contributed by atoms with E-state index in [1.807, 2.05) is 0 Å². The van der Waals surface area contributed by atoms with Gasteiger partial charge in [0.15, 0.2) is 0 Å². The normalized spacial score (nSPS) is 14.7. The van der Waals surface area contributed by atoms with Crippen LogP contribution in [-0.2, 0) is 16.2 Å². The van der Waals surface area contributed by atoms with Crippen LogP contribution in [0.15, 0.2) is 115 Å². The van der Waals surface area contributed by atoms with Crippen molar-refractivity contribution in [3.63, 3.8) is 0 Å². The number of hydrogen-bond acceptors (Lipinski definition) is 0. The average molecular weight is 611 g/mol. The summed E-state index contributed by atoms with van der Waals surface area (Å²) in [6, 6.07) is 44.2. The number of benzene rings is 7. The Balaban J connectivity index is 1.15. The van der Waals surface area contributed by atoms with Crippen LogP contribution in [0.25, 0.3) is 54.6 Å². The zero-order chi connectivity index (χ0) is 33.1. The maximum atomic E-state index is 2.50. The molecule has 0 aromatic heterocycles. The first-order valence-electron chi connectivity index (χ1n) is 17.3. The van der Waals surface area contributed by atoms with E-state index in [9.17, 15) is 0 Å². The Hall–Kier alpha value is -4.42. The first-order chi connectivity index (χ1) is 22.2. The summed E-state index contributed by atoms with van der Waals surface area (Å²) in [4.78, 5) is 0. The van der Waals surface area contributed by atoms with Crippen molar-refractivity contribution in [3.05, 3.63) is 143 Å². The van der Waals surface area contributed by atoms with Gasteiger partial charge in [-0.1, -0.05) is 178 Å². The standard InChI is InChI=1S/C47H46/c1-44(2,3)47(8,9)35-22-26-38-37-25-21-34(27-40(37)46(6,7)41(38)28-35)45(4,5)33-19-15-29(16-20-33)36-23-17-32-14-13-30-11-10-12-31-18-24-39(36)43(32)42(30)31/h10-28H,1-9H3. The van der Waals surface area contributed by atoms with Crippen LogP contribution in [-0.4, -0.2) is 0 Å². The van der Waals surface area contributed by atoms with Crippen LogP contribution in [0.2, 0.25) is 0 Å². The Morgan fingerprint density at radius 2 is 0.936 bits per heavy atom. The summed E-state index contributed by atoms with van der Waals surface area (Å²) < 4.78 is 0. The van der Waals surface area contributed by atoms with E-state index in [4.69, 9.17) is 0 Å². The van der Waals surface area contributed by atoms with Crippen LogP contribution in [0.3, 0.4) is 0 Å². The zero-order valence-corrected chi connectivity index (χ0v) is 29.5. The average Bonchev–Trinajstić information content (AvgIpc) is 3.28. The first-order valence-corrected chi connectivity index (χ1v) is 17.3. The molecule has 8 rings (SSSR count). The number of rotatable bonds is 4. The molecule has 7 aromatic rings. The fourth-order valence-electron chi connectivity index (χ4n) is 8.17. The molecule has 0 nitrogen and oxygen atoms in total. The lowest BCUT2D eigenvalue weighted by molar-refractivity contribution is 0.225.